The Morgan fingerprint density at radius 1 is 1.04 bits per heavy atom. The van der Waals surface area contributed by atoms with Crippen molar-refractivity contribution in [2.75, 3.05) is 5.32 Å². The normalized spacial score (nSPS) is 10.8. The zero-order valence-electron chi connectivity index (χ0n) is 12.9. The second-order valence-electron chi connectivity index (χ2n) is 5.38. The van der Waals surface area contributed by atoms with E-state index in [-0.39, 0.29) is 5.91 Å². The smallest absolute Gasteiger partial charge is 0.255 e. The summed E-state index contributed by atoms with van der Waals surface area (Å²) in [6.07, 6.45) is 1.67. The summed E-state index contributed by atoms with van der Waals surface area (Å²) in [7, 11) is 0. The highest BCUT2D eigenvalue weighted by Crippen LogP contribution is 2.24. The SMILES string of the molecule is O=C(Nc1cccc(Cl)c1)c1ccc2oc(-c3ccccn3)nc2c1. The molecule has 2 heterocycles. The molecule has 2 aromatic carbocycles. The van der Waals surface area contributed by atoms with Crippen LogP contribution in [0, 0.1) is 0 Å². The Bertz CT molecular complexity index is 1060. The molecule has 4 aromatic rings. The highest BCUT2D eigenvalue weighted by molar-refractivity contribution is 6.31. The first kappa shape index (κ1) is 15.4. The number of hydrogen-bond acceptors (Lipinski definition) is 4. The Labute approximate surface area is 148 Å². The van der Waals surface area contributed by atoms with Crippen molar-refractivity contribution in [3.05, 3.63) is 77.4 Å². The van der Waals surface area contributed by atoms with E-state index in [0.717, 1.165) is 0 Å². The van der Waals surface area contributed by atoms with Crippen LogP contribution in [0.1, 0.15) is 10.4 Å². The number of carbonyl (C=O) groups is 1. The molecule has 5 nitrogen and oxygen atoms in total. The Balaban J connectivity index is 1.63. The van der Waals surface area contributed by atoms with Gasteiger partial charge in [-0.25, -0.2) is 4.98 Å². The largest absolute Gasteiger partial charge is 0.435 e. The van der Waals surface area contributed by atoms with Gasteiger partial charge in [0.15, 0.2) is 5.58 Å². The van der Waals surface area contributed by atoms with Gasteiger partial charge in [0.25, 0.3) is 5.91 Å². The van der Waals surface area contributed by atoms with E-state index in [0.29, 0.717) is 39.0 Å². The van der Waals surface area contributed by atoms with Crippen molar-refractivity contribution in [3.63, 3.8) is 0 Å². The molecule has 0 aliphatic rings. The van der Waals surface area contributed by atoms with Gasteiger partial charge in [0, 0.05) is 22.5 Å². The van der Waals surface area contributed by atoms with Crippen LogP contribution in [-0.2, 0) is 0 Å². The zero-order valence-corrected chi connectivity index (χ0v) is 13.7. The Hall–Kier alpha value is -3.18. The van der Waals surface area contributed by atoms with Crippen molar-refractivity contribution in [2.45, 2.75) is 0 Å². The van der Waals surface area contributed by atoms with Crippen LogP contribution in [0.5, 0.6) is 0 Å². The van der Waals surface area contributed by atoms with E-state index in [1.165, 1.54) is 0 Å². The molecule has 122 valence electrons. The topological polar surface area (TPSA) is 68.0 Å². The van der Waals surface area contributed by atoms with E-state index in [1.807, 2.05) is 18.2 Å². The maximum Gasteiger partial charge on any atom is 0.255 e. The second kappa shape index (κ2) is 6.37. The van der Waals surface area contributed by atoms with Crippen LogP contribution in [-0.4, -0.2) is 15.9 Å². The number of aromatic nitrogens is 2. The van der Waals surface area contributed by atoms with Crippen LogP contribution < -0.4 is 5.32 Å². The van der Waals surface area contributed by atoms with Gasteiger partial charge >= 0.3 is 0 Å². The van der Waals surface area contributed by atoms with Crippen LogP contribution in [0.25, 0.3) is 22.7 Å². The number of rotatable bonds is 3. The van der Waals surface area contributed by atoms with Crippen LogP contribution in [0.15, 0.2) is 71.3 Å². The third-order valence-corrected chi connectivity index (χ3v) is 3.85. The highest BCUT2D eigenvalue weighted by Gasteiger charge is 2.12. The number of pyridine rings is 1. The van der Waals surface area contributed by atoms with E-state index in [1.54, 1.807) is 48.7 Å². The van der Waals surface area contributed by atoms with E-state index in [4.69, 9.17) is 16.0 Å². The minimum atomic E-state index is -0.244. The molecular weight excluding hydrogens is 338 g/mol. The first-order valence-corrected chi connectivity index (χ1v) is 7.96. The molecule has 0 fully saturated rings. The van der Waals surface area contributed by atoms with E-state index >= 15 is 0 Å². The summed E-state index contributed by atoms with van der Waals surface area (Å²) >= 11 is 5.93. The lowest BCUT2D eigenvalue weighted by Crippen LogP contribution is -2.11. The van der Waals surface area contributed by atoms with Crippen LogP contribution in [0.3, 0.4) is 0 Å². The van der Waals surface area contributed by atoms with Crippen LogP contribution in [0.2, 0.25) is 5.02 Å². The van der Waals surface area contributed by atoms with E-state index < -0.39 is 0 Å². The molecule has 0 aliphatic carbocycles. The third kappa shape index (κ3) is 3.22. The van der Waals surface area contributed by atoms with Crippen molar-refractivity contribution in [1.82, 2.24) is 9.97 Å². The van der Waals surface area contributed by atoms with Gasteiger partial charge in [-0.1, -0.05) is 23.7 Å². The first-order chi connectivity index (χ1) is 12.2. The lowest BCUT2D eigenvalue weighted by atomic mass is 10.2. The molecule has 0 aliphatic heterocycles. The van der Waals surface area contributed by atoms with Gasteiger partial charge < -0.3 is 9.73 Å². The predicted molar refractivity (Wildman–Crippen MR) is 96.6 cm³/mol. The number of anilines is 1. The molecule has 6 heteroatoms. The van der Waals surface area contributed by atoms with Gasteiger partial charge in [-0.3, -0.25) is 9.78 Å². The molecule has 0 spiro atoms. The number of amides is 1. The number of halogens is 1. The Kier molecular flexibility index (Phi) is 3.91. The molecule has 1 amide bonds. The molecule has 4 rings (SSSR count). The summed E-state index contributed by atoms with van der Waals surface area (Å²) in [4.78, 5) is 21.1. The van der Waals surface area contributed by atoms with Gasteiger partial charge in [0.2, 0.25) is 5.89 Å². The van der Waals surface area contributed by atoms with Gasteiger partial charge in [0.1, 0.15) is 11.2 Å². The van der Waals surface area contributed by atoms with Gasteiger partial charge in [0.05, 0.1) is 0 Å². The number of fused-ring (bicyclic) bond motifs is 1. The summed E-state index contributed by atoms with van der Waals surface area (Å²) in [6.45, 7) is 0. The second-order valence-corrected chi connectivity index (χ2v) is 5.82. The minimum Gasteiger partial charge on any atom is -0.435 e. The fourth-order valence-corrected chi connectivity index (χ4v) is 2.63. The van der Waals surface area contributed by atoms with E-state index in [2.05, 4.69) is 15.3 Å². The molecule has 1 N–H and O–H groups in total. The molecule has 0 bridgehead atoms. The Morgan fingerprint density at radius 3 is 2.76 bits per heavy atom. The average molecular weight is 350 g/mol. The molecule has 0 saturated carbocycles. The quantitative estimate of drug-likeness (QED) is 0.577. The summed E-state index contributed by atoms with van der Waals surface area (Å²) in [5.74, 6) is 0.176. The highest BCUT2D eigenvalue weighted by atomic mass is 35.5. The van der Waals surface area contributed by atoms with E-state index in [9.17, 15) is 4.79 Å². The van der Waals surface area contributed by atoms with Crippen LogP contribution in [0.4, 0.5) is 5.69 Å². The number of oxazole rings is 1. The van der Waals surface area contributed by atoms with Gasteiger partial charge in [-0.05, 0) is 48.5 Å². The lowest BCUT2D eigenvalue weighted by Gasteiger charge is -2.05. The summed E-state index contributed by atoms with van der Waals surface area (Å²) in [5, 5.41) is 3.37. The number of nitrogens with zero attached hydrogens (tertiary/aromatic N) is 2. The Morgan fingerprint density at radius 2 is 1.96 bits per heavy atom. The standard InChI is InChI=1S/C19H12ClN3O2/c20-13-4-3-5-14(11-13)22-18(24)12-7-8-17-16(10-12)23-19(25-17)15-6-1-2-9-21-15/h1-11H,(H,22,24). The molecule has 0 radical (unpaired) electrons. The number of hydrogen-bond donors (Lipinski definition) is 1. The molecular formula is C19H12ClN3O2. The monoisotopic (exact) mass is 349 g/mol. The van der Waals surface area contributed by atoms with Crippen molar-refractivity contribution in [2.24, 2.45) is 0 Å². The third-order valence-electron chi connectivity index (χ3n) is 3.62. The molecule has 0 unspecified atom stereocenters. The first-order valence-electron chi connectivity index (χ1n) is 7.58. The average Bonchev–Trinajstić information content (AvgIpc) is 3.06. The number of nitrogens with one attached hydrogen (secondary N) is 1. The fourth-order valence-electron chi connectivity index (χ4n) is 2.44. The fraction of sp³-hybridized carbons (Fsp3) is 0. The number of benzene rings is 2. The summed E-state index contributed by atoms with van der Waals surface area (Å²) in [5.41, 5.74) is 2.95. The van der Waals surface area contributed by atoms with Crippen molar-refractivity contribution in [3.8, 4) is 11.6 Å². The van der Waals surface area contributed by atoms with Gasteiger partial charge in [-0.15, -0.1) is 0 Å². The minimum absolute atomic E-state index is 0.244. The van der Waals surface area contributed by atoms with Crippen molar-refractivity contribution >= 4 is 34.3 Å². The zero-order chi connectivity index (χ0) is 17.2. The molecule has 2 aromatic heterocycles. The maximum atomic E-state index is 12.4. The van der Waals surface area contributed by atoms with Crippen molar-refractivity contribution in [1.29, 1.82) is 0 Å². The number of carbonyl (C=O) groups excluding carboxylic acids is 1. The molecule has 0 atom stereocenters. The predicted octanol–water partition coefficient (Wildman–Crippen LogP) is 4.80. The van der Waals surface area contributed by atoms with Gasteiger partial charge in [-0.2, -0.15) is 0 Å². The lowest BCUT2D eigenvalue weighted by molar-refractivity contribution is 0.102. The molecule has 25 heavy (non-hydrogen) atoms. The maximum absolute atomic E-state index is 12.4. The summed E-state index contributed by atoms with van der Waals surface area (Å²) in [6, 6.07) is 17.6. The molecule has 0 saturated heterocycles. The van der Waals surface area contributed by atoms with Crippen molar-refractivity contribution < 1.29 is 9.21 Å². The van der Waals surface area contributed by atoms with Crippen LogP contribution >= 0.6 is 11.6 Å². The summed E-state index contributed by atoms with van der Waals surface area (Å²) < 4.78 is 5.70.